The molecule has 4 heteroatoms. The lowest BCUT2D eigenvalue weighted by molar-refractivity contribution is 0.0932. The number of methoxy groups -OCH3 is 1. The fraction of sp³-hybridized carbons (Fsp3) is 0.278. The third-order valence-corrected chi connectivity index (χ3v) is 4.79. The molecule has 1 atom stereocenters. The van der Waals surface area contributed by atoms with E-state index in [0.29, 0.717) is 11.3 Å². The third kappa shape index (κ3) is 3.17. The highest BCUT2D eigenvalue weighted by Crippen LogP contribution is 2.24. The molecular formula is C18H18BrNO2. The van der Waals surface area contributed by atoms with Crippen molar-refractivity contribution in [2.24, 2.45) is 0 Å². The van der Waals surface area contributed by atoms with E-state index in [1.165, 1.54) is 11.1 Å². The number of hydrogen-bond acceptors (Lipinski definition) is 2. The van der Waals surface area contributed by atoms with Gasteiger partial charge in [-0.25, -0.2) is 0 Å². The molecule has 1 N–H and O–H groups in total. The minimum absolute atomic E-state index is 0.0600. The molecule has 0 radical (unpaired) electrons. The van der Waals surface area contributed by atoms with Crippen LogP contribution in [-0.2, 0) is 12.8 Å². The highest BCUT2D eigenvalue weighted by Gasteiger charge is 2.21. The maximum Gasteiger partial charge on any atom is 0.252 e. The Morgan fingerprint density at radius 2 is 2.00 bits per heavy atom. The molecule has 2 aromatic carbocycles. The van der Waals surface area contributed by atoms with Crippen molar-refractivity contribution in [3.05, 3.63) is 63.6 Å². The lowest BCUT2D eigenvalue weighted by atomic mass is 9.88. The van der Waals surface area contributed by atoms with E-state index >= 15 is 0 Å². The minimum atomic E-state index is -0.0600. The van der Waals surface area contributed by atoms with Gasteiger partial charge in [-0.1, -0.05) is 24.3 Å². The lowest BCUT2D eigenvalue weighted by Gasteiger charge is -2.25. The quantitative estimate of drug-likeness (QED) is 0.906. The van der Waals surface area contributed by atoms with Crippen molar-refractivity contribution in [2.45, 2.75) is 25.3 Å². The summed E-state index contributed by atoms with van der Waals surface area (Å²) in [7, 11) is 1.60. The van der Waals surface area contributed by atoms with Crippen molar-refractivity contribution >= 4 is 21.8 Å². The highest BCUT2D eigenvalue weighted by molar-refractivity contribution is 9.10. The van der Waals surface area contributed by atoms with Crippen LogP contribution < -0.4 is 10.1 Å². The zero-order valence-electron chi connectivity index (χ0n) is 12.4. The van der Waals surface area contributed by atoms with Gasteiger partial charge in [-0.15, -0.1) is 0 Å². The molecule has 0 aliphatic heterocycles. The Balaban J connectivity index is 1.73. The molecule has 1 amide bonds. The van der Waals surface area contributed by atoms with Gasteiger partial charge < -0.3 is 10.1 Å². The van der Waals surface area contributed by atoms with Crippen LogP contribution in [0.1, 0.15) is 27.9 Å². The zero-order valence-corrected chi connectivity index (χ0v) is 14.0. The number of amides is 1. The Bertz CT molecular complexity index is 699. The van der Waals surface area contributed by atoms with Gasteiger partial charge in [0.25, 0.3) is 5.91 Å². The van der Waals surface area contributed by atoms with Crippen molar-refractivity contribution in [1.29, 1.82) is 0 Å². The average molecular weight is 360 g/mol. The first-order chi connectivity index (χ1) is 10.7. The van der Waals surface area contributed by atoms with Gasteiger partial charge in [0.2, 0.25) is 0 Å². The number of rotatable bonds is 3. The van der Waals surface area contributed by atoms with Crippen LogP contribution in [-0.4, -0.2) is 19.1 Å². The van der Waals surface area contributed by atoms with Gasteiger partial charge in [-0.3, -0.25) is 4.79 Å². The van der Waals surface area contributed by atoms with E-state index in [4.69, 9.17) is 4.74 Å². The Labute approximate surface area is 138 Å². The Morgan fingerprint density at radius 1 is 1.23 bits per heavy atom. The van der Waals surface area contributed by atoms with Crippen LogP contribution in [0.3, 0.4) is 0 Å². The SMILES string of the molecule is COc1ccc(Br)c(C(=O)NC2CCc3ccccc3C2)c1. The van der Waals surface area contributed by atoms with Crippen molar-refractivity contribution in [2.75, 3.05) is 7.11 Å². The molecule has 0 spiro atoms. The predicted molar refractivity (Wildman–Crippen MR) is 90.4 cm³/mol. The number of benzene rings is 2. The highest BCUT2D eigenvalue weighted by atomic mass is 79.9. The number of ether oxygens (including phenoxy) is 1. The molecule has 2 aromatic rings. The number of hydrogen-bond donors (Lipinski definition) is 1. The zero-order chi connectivity index (χ0) is 15.5. The number of carbonyl (C=O) groups excluding carboxylic acids is 1. The van der Waals surface area contributed by atoms with E-state index in [9.17, 15) is 4.79 Å². The average Bonchev–Trinajstić information content (AvgIpc) is 2.55. The van der Waals surface area contributed by atoms with Gasteiger partial charge >= 0.3 is 0 Å². The van der Waals surface area contributed by atoms with E-state index in [0.717, 1.165) is 23.7 Å². The van der Waals surface area contributed by atoms with Crippen molar-refractivity contribution in [3.63, 3.8) is 0 Å². The molecule has 0 bridgehead atoms. The van der Waals surface area contributed by atoms with E-state index in [1.807, 2.05) is 12.1 Å². The fourth-order valence-corrected chi connectivity index (χ4v) is 3.32. The summed E-state index contributed by atoms with van der Waals surface area (Å²) >= 11 is 3.43. The summed E-state index contributed by atoms with van der Waals surface area (Å²) in [5, 5.41) is 3.14. The van der Waals surface area contributed by atoms with Crippen LogP contribution >= 0.6 is 15.9 Å². The first-order valence-corrected chi connectivity index (χ1v) is 8.18. The summed E-state index contributed by atoms with van der Waals surface area (Å²) in [5.74, 6) is 0.623. The molecule has 1 aliphatic rings. The van der Waals surface area contributed by atoms with Gasteiger partial charge in [0.05, 0.1) is 12.7 Å². The predicted octanol–water partition coefficient (Wildman–Crippen LogP) is 3.75. The molecule has 0 fully saturated rings. The van der Waals surface area contributed by atoms with Gasteiger partial charge in [-0.2, -0.15) is 0 Å². The number of fused-ring (bicyclic) bond motifs is 1. The summed E-state index contributed by atoms with van der Waals surface area (Å²) < 4.78 is 5.98. The van der Waals surface area contributed by atoms with Gasteiger partial charge in [0.1, 0.15) is 5.75 Å². The van der Waals surface area contributed by atoms with Crippen LogP contribution in [0.4, 0.5) is 0 Å². The standard InChI is InChI=1S/C18H18BrNO2/c1-22-15-8-9-17(19)16(11-15)18(21)20-14-7-6-12-4-2-3-5-13(12)10-14/h2-5,8-9,11,14H,6-7,10H2,1H3,(H,20,21). The van der Waals surface area contributed by atoms with Crippen LogP contribution in [0.15, 0.2) is 46.9 Å². The second-order valence-corrected chi connectivity index (χ2v) is 6.38. The van der Waals surface area contributed by atoms with Crippen LogP contribution in [0.2, 0.25) is 0 Å². The molecule has 0 saturated carbocycles. The van der Waals surface area contributed by atoms with Gasteiger partial charge in [0, 0.05) is 10.5 Å². The molecule has 0 saturated heterocycles. The van der Waals surface area contributed by atoms with E-state index in [2.05, 4.69) is 45.5 Å². The van der Waals surface area contributed by atoms with Crippen molar-refractivity contribution < 1.29 is 9.53 Å². The summed E-state index contributed by atoms with van der Waals surface area (Å²) in [6.45, 7) is 0. The van der Waals surface area contributed by atoms with E-state index in [-0.39, 0.29) is 11.9 Å². The fourth-order valence-electron chi connectivity index (χ4n) is 2.89. The summed E-state index contributed by atoms with van der Waals surface area (Å²) in [6.07, 6.45) is 2.88. The van der Waals surface area contributed by atoms with Crippen LogP contribution in [0.25, 0.3) is 0 Å². The Morgan fingerprint density at radius 3 is 2.77 bits per heavy atom. The van der Waals surface area contributed by atoms with E-state index < -0.39 is 0 Å². The molecule has 0 aromatic heterocycles. The molecule has 1 unspecified atom stereocenters. The third-order valence-electron chi connectivity index (χ3n) is 4.10. The summed E-state index contributed by atoms with van der Waals surface area (Å²) in [5.41, 5.74) is 3.34. The molecule has 114 valence electrons. The smallest absolute Gasteiger partial charge is 0.252 e. The maximum absolute atomic E-state index is 12.5. The van der Waals surface area contributed by atoms with Crippen molar-refractivity contribution in [1.82, 2.24) is 5.32 Å². The van der Waals surface area contributed by atoms with Crippen LogP contribution in [0, 0.1) is 0 Å². The number of halogens is 1. The summed E-state index contributed by atoms with van der Waals surface area (Å²) in [4.78, 5) is 12.5. The number of nitrogens with one attached hydrogen (secondary N) is 1. The minimum Gasteiger partial charge on any atom is -0.497 e. The lowest BCUT2D eigenvalue weighted by Crippen LogP contribution is -2.39. The van der Waals surface area contributed by atoms with Gasteiger partial charge in [0.15, 0.2) is 0 Å². The normalized spacial score (nSPS) is 16.7. The number of aryl methyl sites for hydroxylation is 1. The second-order valence-electron chi connectivity index (χ2n) is 5.53. The molecule has 3 nitrogen and oxygen atoms in total. The first kappa shape index (κ1) is 15.1. The number of carbonyl (C=O) groups is 1. The molecular weight excluding hydrogens is 342 g/mol. The molecule has 22 heavy (non-hydrogen) atoms. The first-order valence-electron chi connectivity index (χ1n) is 7.38. The summed E-state index contributed by atoms with van der Waals surface area (Å²) in [6, 6.07) is 14.1. The van der Waals surface area contributed by atoms with Gasteiger partial charge in [-0.05, 0) is 64.5 Å². The largest absolute Gasteiger partial charge is 0.497 e. The monoisotopic (exact) mass is 359 g/mol. The van der Waals surface area contributed by atoms with Crippen LogP contribution in [0.5, 0.6) is 5.75 Å². The van der Waals surface area contributed by atoms with E-state index in [1.54, 1.807) is 13.2 Å². The molecule has 3 rings (SSSR count). The Kier molecular flexibility index (Phi) is 4.48. The topological polar surface area (TPSA) is 38.3 Å². The molecule has 0 heterocycles. The Hall–Kier alpha value is -1.81. The van der Waals surface area contributed by atoms with Crippen molar-refractivity contribution in [3.8, 4) is 5.75 Å². The molecule has 1 aliphatic carbocycles. The maximum atomic E-state index is 12.5. The second kappa shape index (κ2) is 6.53.